The van der Waals surface area contributed by atoms with Crippen LogP contribution in [0.2, 0.25) is 0 Å². The van der Waals surface area contributed by atoms with Crippen molar-refractivity contribution in [3.05, 3.63) is 84.1 Å². The molecule has 0 radical (unpaired) electrons. The Hall–Kier alpha value is -4.45. The molecule has 0 fully saturated rings. The van der Waals surface area contributed by atoms with E-state index in [9.17, 15) is 22.8 Å². The van der Waals surface area contributed by atoms with Crippen LogP contribution in [-0.4, -0.2) is 50.6 Å². The Kier molecular flexibility index (Phi) is 11.0. The maximum absolute atomic E-state index is 12.8. The number of rotatable bonds is 13. The van der Waals surface area contributed by atoms with Gasteiger partial charge in [-0.1, -0.05) is 44.2 Å². The predicted molar refractivity (Wildman–Crippen MR) is 145 cm³/mol. The number of carbonyl (C=O) groups excluding carboxylic acids is 3. The molecule has 0 spiro atoms. The lowest BCUT2D eigenvalue weighted by Crippen LogP contribution is -2.31. The zero-order valence-electron chi connectivity index (χ0n) is 22.2. The first-order chi connectivity index (χ1) is 19.2. The first-order valence-corrected chi connectivity index (χ1v) is 14.1. The zero-order chi connectivity index (χ0) is 29.0. The predicted octanol–water partition coefficient (Wildman–Crippen LogP) is 3.64. The molecule has 40 heavy (non-hydrogen) atoms. The summed E-state index contributed by atoms with van der Waals surface area (Å²) in [6, 6.07) is 17.5. The number of hydrogen-bond donors (Lipinski definition) is 2. The second-order valence-electron chi connectivity index (χ2n) is 8.58. The molecule has 3 aromatic rings. The van der Waals surface area contributed by atoms with Gasteiger partial charge in [-0.2, -0.15) is 0 Å². The molecular formula is C28H31N3O8S. The van der Waals surface area contributed by atoms with E-state index in [4.69, 9.17) is 14.2 Å². The van der Waals surface area contributed by atoms with Crippen LogP contribution in [0.3, 0.4) is 0 Å². The van der Waals surface area contributed by atoms with E-state index < -0.39 is 22.1 Å². The summed E-state index contributed by atoms with van der Waals surface area (Å²) in [7, 11) is -4.20. The molecule has 0 saturated heterocycles. The normalized spacial score (nSPS) is 11.0. The zero-order valence-corrected chi connectivity index (χ0v) is 23.0. The van der Waals surface area contributed by atoms with Gasteiger partial charge in [0.15, 0.2) is 6.61 Å². The highest BCUT2D eigenvalue weighted by molar-refractivity contribution is 7.90. The van der Waals surface area contributed by atoms with Crippen molar-refractivity contribution in [2.75, 3.05) is 13.2 Å². The van der Waals surface area contributed by atoms with Crippen LogP contribution in [0.25, 0.3) is 0 Å². The molecular weight excluding hydrogens is 538 g/mol. The van der Waals surface area contributed by atoms with Crippen molar-refractivity contribution in [2.45, 2.75) is 44.1 Å². The van der Waals surface area contributed by atoms with Crippen LogP contribution in [0, 0.1) is 0 Å². The van der Waals surface area contributed by atoms with E-state index in [-0.39, 0.29) is 41.5 Å². The molecule has 2 amide bonds. The van der Waals surface area contributed by atoms with E-state index in [1.807, 2.05) is 24.6 Å². The van der Waals surface area contributed by atoms with Crippen LogP contribution in [0.5, 0.6) is 11.6 Å². The van der Waals surface area contributed by atoms with E-state index >= 15 is 0 Å². The average Bonchev–Trinajstić information content (AvgIpc) is 2.95. The summed E-state index contributed by atoms with van der Waals surface area (Å²) in [5.41, 5.74) is 0.587. The lowest BCUT2D eigenvalue weighted by molar-refractivity contribution is -0.123. The average molecular weight is 570 g/mol. The molecule has 12 heteroatoms. The van der Waals surface area contributed by atoms with E-state index in [1.165, 1.54) is 24.3 Å². The van der Waals surface area contributed by atoms with Crippen LogP contribution in [0.15, 0.2) is 77.8 Å². The summed E-state index contributed by atoms with van der Waals surface area (Å²) in [4.78, 5) is 40.2. The summed E-state index contributed by atoms with van der Waals surface area (Å²) < 4.78 is 43.1. The second-order valence-corrected chi connectivity index (χ2v) is 10.3. The van der Waals surface area contributed by atoms with E-state index in [0.717, 1.165) is 6.20 Å². The summed E-state index contributed by atoms with van der Waals surface area (Å²) >= 11 is 0. The van der Waals surface area contributed by atoms with Gasteiger partial charge in [-0.15, -0.1) is 0 Å². The maximum Gasteiger partial charge on any atom is 0.515 e. The number of aromatic nitrogens is 1. The minimum absolute atomic E-state index is 0.0547. The summed E-state index contributed by atoms with van der Waals surface area (Å²) in [6.07, 6.45) is 1.53. The molecule has 0 unspecified atom stereocenters. The molecule has 0 aliphatic heterocycles. The van der Waals surface area contributed by atoms with Crippen LogP contribution in [0.1, 0.15) is 42.6 Å². The summed E-state index contributed by atoms with van der Waals surface area (Å²) in [5.74, 6) is -0.737. The monoisotopic (exact) mass is 569 g/mol. The molecule has 2 aromatic carbocycles. The first-order valence-electron chi connectivity index (χ1n) is 12.6. The number of ether oxygens (including phenoxy) is 3. The number of para-hydroxylation sites is 1. The molecule has 212 valence electrons. The fraction of sp³-hybridized carbons (Fsp3) is 0.286. The van der Waals surface area contributed by atoms with E-state index in [2.05, 4.69) is 10.3 Å². The van der Waals surface area contributed by atoms with Gasteiger partial charge in [0.2, 0.25) is 5.88 Å². The third-order valence-electron chi connectivity index (χ3n) is 5.64. The molecule has 0 atom stereocenters. The second kappa shape index (κ2) is 14.6. The van der Waals surface area contributed by atoms with E-state index in [1.54, 1.807) is 36.4 Å². The first kappa shape index (κ1) is 30.1. The Morgan fingerprint density at radius 3 is 2.38 bits per heavy atom. The van der Waals surface area contributed by atoms with Gasteiger partial charge in [-0.25, -0.2) is 22.9 Å². The molecule has 0 aliphatic rings. The molecule has 2 N–H and O–H groups in total. The van der Waals surface area contributed by atoms with Gasteiger partial charge < -0.3 is 19.5 Å². The number of sulfonamides is 1. The van der Waals surface area contributed by atoms with Crippen molar-refractivity contribution >= 4 is 28.0 Å². The maximum atomic E-state index is 12.8. The standard InChI is InChI=1S/C28H31N3O8S/c1-3-22(4-2)38-28(34)39-26-14-13-21(18-30-26)27(33)31-40(35,36)24-12-8-9-20(17-24)15-16-29-25(32)19-37-23-10-6-5-7-11-23/h5-14,17-18,22H,3-4,15-16,19H2,1-2H3,(H,29,32)(H,31,33). The number of carbonyl (C=O) groups is 3. The number of amides is 2. The topological polar surface area (TPSA) is 150 Å². The molecule has 1 aromatic heterocycles. The molecule has 11 nitrogen and oxygen atoms in total. The number of hydrogen-bond acceptors (Lipinski definition) is 9. The SMILES string of the molecule is CCC(CC)OC(=O)Oc1ccc(C(=O)NS(=O)(=O)c2cccc(CCNC(=O)COc3ccccc3)c2)cn1. The molecule has 1 heterocycles. The van der Waals surface area contributed by atoms with Gasteiger partial charge >= 0.3 is 6.16 Å². The number of pyridine rings is 1. The van der Waals surface area contributed by atoms with Crippen molar-refractivity contribution in [1.82, 2.24) is 15.0 Å². The fourth-order valence-corrected chi connectivity index (χ4v) is 4.49. The Balaban J connectivity index is 1.51. The highest BCUT2D eigenvalue weighted by Gasteiger charge is 2.20. The van der Waals surface area contributed by atoms with Crippen LogP contribution in [-0.2, 0) is 26.0 Å². The Morgan fingerprint density at radius 2 is 1.70 bits per heavy atom. The minimum Gasteiger partial charge on any atom is -0.484 e. The van der Waals surface area contributed by atoms with Gasteiger partial charge in [0, 0.05) is 18.8 Å². The molecule has 3 rings (SSSR count). The van der Waals surface area contributed by atoms with Crippen molar-refractivity contribution in [2.24, 2.45) is 0 Å². The molecule has 0 saturated carbocycles. The third kappa shape index (κ3) is 9.38. The lowest BCUT2D eigenvalue weighted by Gasteiger charge is -2.13. The number of nitrogens with zero attached hydrogens (tertiary/aromatic N) is 1. The van der Waals surface area contributed by atoms with Crippen molar-refractivity contribution in [3.63, 3.8) is 0 Å². The number of benzene rings is 2. The lowest BCUT2D eigenvalue weighted by atomic mass is 10.1. The van der Waals surface area contributed by atoms with Gasteiger partial charge in [-0.05, 0) is 55.2 Å². The van der Waals surface area contributed by atoms with Crippen molar-refractivity contribution in [1.29, 1.82) is 0 Å². The minimum atomic E-state index is -4.20. The fourth-order valence-electron chi connectivity index (χ4n) is 3.45. The summed E-state index contributed by atoms with van der Waals surface area (Å²) in [6.45, 7) is 3.87. The van der Waals surface area contributed by atoms with Crippen LogP contribution >= 0.6 is 0 Å². The Labute approximate surface area is 232 Å². The van der Waals surface area contributed by atoms with Gasteiger partial charge in [0.25, 0.3) is 21.8 Å². The highest BCUT2D eigenvalue weighted by atomic mass is 32.2. The Bertz CT molecular complexity index is 1390. The Morgan fingerprint density at radius 1 is 0.950 bits per heavy atom. The third-order valence-corrected chi connectivity index (χ3v) is 6.97. The van der Waals surface area contributed by atoms with Crippen LogP contribution < -0.4 is 19.5 Å². The van der Waals surface area contributed by atoms with Gasteiger partial charge in [-0.3, -0.25) is 9.59 Å². The van der Waals surface area contributed by atoms with Crippen molar-refractivity contribution < 1.29 is 37.0 Å². The highest BCUT2D eigenvalue weighted by Crippen LogP contribution is 2.15. The smallest absolute Gasteiger partial charge is 0.484 e. The molecule has 0 bridgehead atoms. The number of nitrogens with one attached hydrogen (secondary N) is 2. The van der Waals surface area contributed by atoms with Gasteiger partial charge in [0.1, 0.15) is 11.9 Å². The summed E-state index contributed by atoms with van der Waals surface area (Å²) in [5, 5.41) is 2.72. The van der Waals surface area contributed by atoms with Crippen LogP contribution in [0.4, 0.5) is 4.79 Å². The molecule has 0 aliphatic carbocycles. The van der Waals surface area contributed by atoms with Gasteiger partial charge in [0.05, 0.1) is 10.5 Å². The van der Waals surface area contributed by atoms with Crippen molar-refractivity contribution in [3.8, 4) is 11.6 Å². The quantitative estimate of drug-likeness (QED) is 0.294. The largest absolute Gasteiger partial charge is 0.515 e. The van der Waals surface area contributed by atoms with E-state index in [0.29, 0.717) is 30.6 Å².